The molecule has 0 radical (unpaired) electrons. The van der Waals surface area contributed by atoms with Gasteiger partial charge in [-0.2, -0.15) is 4.31 Å². The van der Waals surface area contributed by atoms with Gasteiger partial charge in [0.15, 0.2) is 0 Å². The van der Waals surface area contributed by atoms with Crippen LogP contribution in [0.15, 0.2) is 23.1 Å². The quantitative estimate of drug-likeness (QED) is 0.769. The molecule has 1 aromatic rings. The molecule has 1 amide bonds. The molecule has 0 spiro atoms. The number of amides is 1. The smallest absolute Gasteiger partial charge is 0.243 e. The van der Waals surface area contributed by atoms with Gasteiger partial charge in [0, 0.05) is 26.2 Å². The lowest BCUT2D eigenvalue weighted by atomic mass is 9.99. The van der Waals surface area contributed by atoms with Crippen molar-refractivity contribution in [1.29, 1.82) is 0 Å². The Labute approximate surface area is 164 Å². The van der Waals surface area contributed by atoms with Crippen molar-refractivity contribution in [2.24, 2.45) is 5.92 Å². The Morgan fingerprint density at radius 3 is 2.67 bits per heavy atom. The molecule has 2 saturated heterocycles. The SMILES string of the molecule is O=C(NCCN1CCCC1)C1CCCN(S(=O)(=O)c2ccc(F)c(Cl)c2)C1. The number of piperidine rings is 1. The molecular formula is C18H25ClFN3O3S. The van der Waals surface area contributed by atoms with E-state index < -0.39 is 15.8 Å². The summed E-state index contributed by atoms with van der Waals surface area (Å²) in [5.41, 5.74) is 0. The molecule has 0 saturated carbocycles. The zero-order valence-corrected chi connectivity index (χ0v) is 16.7. The lowest BCUT2D eigenvalue weighted by Crippen LogP contribution is -2.46. The zero-order chi connectivity index (χ0) is 19.4. The number of halogens is 2. The molecule has 2 fully saturated rings. The van der Waals surface area contributed by atoms with E-state index >= 15 is 0 Å². The van der Waals surface area contributed by atoms with Gasteiger partial charge in [-0.25, -0.2) is 12.8 Å². The summed E-state index contributed by atoms with van der Waals surface area (Å²) in [4.78, 5) is 14.7. The van der Waals surface area contributed by atoms with Crippen LogP contribution in [0.1, 0.15) is 25.7 Å². The highest BCUT2D eigenvalue weighted by Crippen LogP contribution is 2.26. The largest absolute Gasteiger partial charge is 0.355 e. The molecule has 2 aliphatic rings. The molecule has 2 aliphatic heterocycles. The number of rotatable bonds is 6. The van der Waals surface area contributed by atoms with Crippen molar-refractivity contribution in [1.82, 2.24) is 14.5 Å². The summed E-state index contributed by atoms with van der Waals surface area (Å²) in [6.45, 7) is 4.03. The second-order valence-corrected chi connectivity index (χ2v) is 9.46. The predicted octanol–water partition coefficient (Wildman–Crippen LogP) is 2.09. The van der Waals surface area contributed by atoms with Crippen LogP contribution in [-0.2, 0) is 14.8 Å². The number of likely N-dealkylation sites (tertiary alicyclic amines) is 1. The van der Waals surface area contributed by atoms with Crippen LogP contribution in [-0.4, -0.2) is 62.8 Å². The highest BCUT2D eigenvalue weighted by atomic mass is 35.5. The Bertz CT molecular complexity index is 784. The molecule has 27 heavy (non-hydrogen) atoms. The van der Waals surface area contributed by atoms with E-state index in [1.54, 1.807) is 0 Å². The highest BCUT2D eigenvalue weighted by molar-refractivity contribution is 7.89. The van der Waals surface area contributed by atoms with Crippen molar-refractivity contribution in [3.8, 4) is 0 Å². The third-order valence-corrected chi connectivity index (χ3v) is 7.36. The third kappa shape index (κ3) is 4.99. The van der Waals surface area contributed by atoms with Crippen LogP contribution in [0.2, 0.25) is 5.02 Å². The van der Waals surface area contributed by atoms with Crippen LogP contribution in [0, 0.1) is 11.7 Å². The first-order chi connectivity index (χ1) is 12.9. The van der Waals surface area contributed by atoms with Crippen molar-refractivity contribution >= 4 is 27.5 Å². The van der Waals surface area contributed by atoms with Crippen LogP contribution in [0.4, 0.5) is 4.39 Å². The number of nitrogens with zero attached hydrogens (tertiary/aromatic N) is 2. The van der Waals surface area contributed by atoms with E-state index in [0.717, 1.165) is 31.8 Å². The van der Waals surface area contributed by atoms with Crippen LogP contribution in [0.25, 0.3) is 0 Å². The molecule has 1 atom stereocenters. The molecule has 6 nitrogen and oxygen atoms in total. The Balaban J connectivity index is 1.59. The number of hydrogen-bond donors (Lipinski definition) is 1. The standard InChI is InChI=1S/C18H25ClFN3O3S/c19-16-12-15(5-6-17(16)20)27(25,26)23-10-3-4-14(13-23)18(24)21-7-11-22-8-1-2-9-22/h5-6,12,14H,1-4,7-11,13H2,(H,21,24). The van der Waals surface area contributed by atoms with Gasteiger partial charge in [0.1, 0.15) is 5.82 Å². The number of carbonyl (C=O) groups excluding carboxylic acids is 1. The third-order valence-electron chi connectivity index (χ3n) is 5.21. The highest BCUT2D eigenvalue weighted by Gasteiger charge is 2.33. The molecule has 1 aromatic carbocycles. The molecule has 150 valence electrons. The maximum atomic E-state index is 13.3. The Hall–Kier alpha value is -1.22. The van der Waals surface area contributed by atoms with Gasteiger partial charge in [0.2, 0.25) is 15.9 Å². The molecule has 0 aromatic heterocycles. The summed E-state index contributed by atoms with van der Waals surface area (Å²) in [6.07, 6.45) is 3.68. The average Bonchev–Trinajstić information content (AvgIpc) is 3.17. The summed E-state index contributed by atoms with van der Waals surface area (Å²) >= 11 is 5.72. The Morgan fingerprint density at radius 1 is 1.22 bits per heavy atom. The topological polar surface area (TPSA) is 69.7 Å². The number of benzene rings is 1. The summed E-state index contributed by atoms with van der Waals surface area (Å²) in [5.74, 6) is -1.14. The lowest BCUT2D eigenvalue weighted by Gasteiger charge is -2.31. The van der Waals surface area contributed by atoms with E-state index in [1.165, 1.54) is 23.2 Å². The van der Waals surface area contributed by atoms with Crippen LogP contribution in [0.5, 0.6) is 0 Å². The van der Waals surface area contributed by atoms with Gasteiger partial charge in [0.05, 0.1) is 15.8 Å². The molecule has 0 aliphatic carbocycles. The molecule has 0 bridgehead atoms. The summed E-state index contributed by atoms with van der Waals surface area (Å²) < 4.78 is 40.3. The summed E-state index contributed by atoms with van der Waals surface area (Å²) in [6, 6.07) is 3.37. The normalized spacial score (nSPS) is 22.1. The first-order valence-electron chi connectivity index (χ1n) is 9.33. The fourth-order valence-electron chi connectivity index (χ4n) is 3.65. The minimum absolute atomic E-state index is 0.0519. The van der Waals surface area contributed by atoms with E-state index in [1.807, 2.05) is 0 Å². The zero-order valence-electron chi connectivity index (χ0n) is 15.2. The van der Waals surface area contributed by atoms with Crippen molar-refractivity contribution in [3.05, 3.63) is 29.0 Å². The van der Waals surface area contributed by atoms with Gasteiger partial charge >= 0.3 is 0 Å². The summed E-state index contributed by atoms with van der Waals surface area (Å²) in [7, 11) is -3.81. The molecule has 9 heteroatoms. The van der Waals surface area contributed by atoms with E-state index in [2.05, 4.69) is 10.2 Å². The van der Waals surface area contributed by atoms with Crippen LogP contribution >= 0.6 is 11.6 Å². The first-order valence-corrected chi connectivity index (χ1v) is 11.1. The van der Waals surface area contributed by atoms with Crippen molar-refractivity contribution in [2.75, 3.05) is 39.3 Å². The van der Waals surface area contributed by atoms with E-state index in [-0.39, 0.29) is 28.3 Å². The number of nitrogens with one attached hydrogen (secondary N) is 1. The van der Waals surface area contributed by atoms with E-state index in [9.17, 15) is 17.6 Å². The maximum Gasteiger partial charge on any atom is 0.243 e. The monoisotopic (exact) mass is 417 g/mol. The fourth-order valence-corrected chi connectivity index (χ4v) is 5.44. The minimum Gasteiger partial charge on any atom is -0.355 e. The number of sulfonamides is 1. The Kier molecular flexibility index (Phi) is 6.73. The molecule has 1 unspecified atom stereocenters. The minimum atomic E-state index is -3.81. The van der Waals surface area contributed by atoms with Crippen molar-refractivity contribution < 1.29 is 17.6 Å². The van der Waals surface area contributed by atoms with Gasteiger partial charge in [-0.05, 0) is 57.0 Å². The molecule has 1 N–H and O–H groups in total. The van der Waals surface area contributed by atoms with Crippen molar-refractivity contribution in [3.63, 3.8) is 0 Å². The second kappa shape index (κ2) is 8.86. The first kappa shape index (κ1) is 20.5. The lowest BCUT2D eigenvalue weighted by molar-refractivity contribution is -0.126. The number of carbonyl (C=O) groups is 1. The average molecular weight is 418 g/mol. The maximum absolute atomic E-state index is 13.3. The fraction of sp³-hybridized carbons (Fsp3) is 0.611. The number of hydrogen-bond acceptors (Lipinski definition) is 4. The van der Waals surface area contributed by atoms with Gasteiger partial charge in [0.25, 0.3) is 0 Å². The van der Waals surface area contributed by atoms with Crippen molar-refractivity contribution in [2.45, 2.75) is 30.6 Å². The second-order valence-electron chi connectivity index (χ2n) is 7.12. The summed E-state index contributed by atoms with van der Waals surface area (Å²) in [5, 5.41) is 2.70. The predicted molar refractivity (Wildman–Crippen MR) is 102 cm³/mol. The molecule has 2 heterocycles. The van der Waals surface area contributed by atoms with E-state index in [4.69, 9.17) is 11.6 Å². The van der Waals surface area contributed by atoms with Gasteiger partial charge in [-0.1, -0.05) is 11.6 Å². The van der Waals surface area contributed by atoms with Gasteiger partial charge in [-0.15, -0.1) is 0 Å². The molecular weight excluding hydrogens is 393 g/mol. The van der Waals surface area contributed by atoms with Crippen LogP contribution < -0.4 is 5.32 Å². The van der Waals surface area contributed by atoms with Gasteiger partial charge in [-0.3, -0.25) is 4.79 Å². The Morgan fingerprint density at radius 2 is 1.96 bits per heavy atom. The van der Waals surface area contributed by atoms with Gasteiger partial charge < -0.3 is 10.2 Å². The van der Waals surface area contributed by atoms with Crippen LogP contribution in [0.3, 0.4) is 0 Å². The molecule has 3 rings (SSSR count). The van der Waals surface area contributed by atoms with E-state index in [0.29, 0.717) is 25.9 Å².